The lowest BCUT2D eigenvalue weighted by Gasteiger charge is -2.04. The van der Waals surface area contributed by atoms with Crippen molar-refractivity contribution >= 4 is 5.97 Å². The van der Waals surface area contributed by atoms with Gasteiger partial charge >= 0.3 is 5.97 Å². The molecule has 1 aliphatic rings. The number of ether oxygens (including phenoxy) is 1. The highest BCUT2D eigenvalue weighted by atomic mass is 16.5. The van der Waals surface area contributed by atoms with E-state index in [2.05, 4.69) is 0 Å². The molecule has 1 atom stereocenters. The van der Waals surface area contributed by atoms with Gasteiger partial charge in [-0.1, -0.05) is 6.07 Å². The summed E-state index contributed by atoms with van der Waals surface area (Å²) in [5.74, 6) is 0.0201. The average molecular weight is 192 g/mol. The maximum atomic E-state index is 11.3. The maximum absolute atomic E-state index is 11.3. The first-order valence-electron chi connectivity index (χ1n) is 4.59. The molecule has 3 heteroatoms. The Balaban J connectivity index is 2.22. The fourth-order valence-electron chi connectivity index (χ4n) is 1.94. The summed E-state index contributed by atoms with van der Waals surface area (Å²) < 4.78 is 4.69. The SMILES string of the molecule is COC(=O)C1Cc2ccc(O)cc2C1. The number of aromatic hydroxyl groups is 1. The van der Waals surface area contributed by atoms with E-state index in [9.17, 15) is 9.90 Å². The van der Waals surface area contributed by atoms with E-state index in [1.54, 1.807) is 12.1 Å². The molecule has 1 aromatic rings. The normalized spacial score (nSPS) is 19.1. The zero-order valence-corrected chi connectivity index (χ0v) is 7.99. The molecule has 0 heterocycles. The predicted molar refractivity (Wildman–Crippen MR) is 51.0 cm³/mol. The number of fused-ring (bicyclic) bond motifs is 1. The van der Waals surface area contributed by atoms with Gasteiger partial charge in [-0.05, 0) is 36.1 Å². The van der Waals surface area contributed by atoms with Gasteiger partial charge in [0.05, 0.1) is 13.0 Å². The van der Waals surface area contributed by atoms with E-state index in [-0.39, 0.29) is 17.6 Å². The summed E-state index contributed by atoms with van der Waals surface area (Å²) in [4.78, 5) is 11.3. The molecule has 0 amide bonds. The van der Waals surface area contributed by atoms with Crippen molar-refractivity contribution in [3.8, 4) is 5.75 Å². The molecule has 14 heavy (non-hydrogen) atoms. The van der Waals surface area contributed by atoms with Crippen LogP contribution in [0, 0.1) is 5.92 Å². The Morgan fingerprint density at radius 1 is 1.43 bits per heavy atom. The lowest BCUT2D eigenvalue weighted by Crippen LogP contribution is -2.15. The van der Waals surface area contributed by atoms with Crippen LogP contribution in [-0.2, 0) is 22.4 Å². The standard InChI is InChI=1S/C11H12O3/c1-14-11(13)9-4-7-2-3-10(12)6-8(7)5-9/h2-3,6,9,12H,4-5H2,1H3. The minimum absolute atomic E-state index is 0.0724. The molecule has 0 bridgehead atoms. The van der Waals surface area contributed by atoms with E-state index in [0.29, 0.717) is 6.42 Å². The van der Waals surface area contributed by atoms with Gasteiger partial charge in [-0.3, -0.25) is 4.79 Å². The number of phenolic OH excluding ortho intramolecular Hbond substituents is 1. The minimum Gasteiger partial charge on any atom is -0.508 e. The number of hydrogen-bond donors (Lipinski definition) is 1. The molecule has 1 aliphatic carbocycles. The third-order valence-corrected chi connectivity index (χ3v) is 2.66. The summed E-state index contributed by atoms with van der Waals surface area (Å²) in [6.07, 6.45) is 1.40. The second-order valence-electron chi connectivity index (χ2n) is 3.58. The summed E-state index contributed by atoms with van der Waals surface area (Å²) in [6, 6.07) is 5.24. The molecule has 0 saturated heterocycles. The number of carbonyl (C=O) groups excluding carboxylic acids is 1. The first-order chi connectivity index (χ1) is 6.70. The van der Waals surface area contributed by atoms with Gasteiger partial charge in [-0.2, -0.15) is 0 Å². The highest BCUT2D eigenvalue weighted by molar-refractivity contribution is 5.74. The van der Waals surface area contributed by atoms with Crippen LogP contribution in [0.3, 0.4) is 0 Å². The minimum atomic E-state index is -0.166. The number of phenols is 1. The van der Waals surface area contributed by atoms with Crippen LogP contribution in [0.5, 0.6) is 5.75 Å². The number of rotatable bonds is 1. The van der Waals surface area contributed by atoms with E-state index in [1.165, 1.54) is 7.11 Å². The van der Waals surface area contributed by atoms with Crippen LogP contribution in [0.2, 0.25) is 0 Å². The van der Waals surface area contributed by atoms with Gasteiger partial charge in [0.15, 0.2) is 0 Å². The lowest BCUT2D eigenvalue weighted by atomic mass is 10.1. The highest BCUT2D eigenvalue weighted by Gasteiger charge is 2.27. The van der Waals surface area contributed by atoms with Crippen molar-refractivity contribution in [1.82, 2.24) is 0 Å². The van der Waals surface area contributed by atoms with Crippen molar-refractivity contribution in [2.24, 2.45) is 5.92 Å². The van der Waals surface area contributed by atoms with Crippen LogP contribution in [-0.4, -0.2) is 18.2 Å². The van der Waals surface area contributed by atoms with Crippen LogP contribution in [0.4, 0.5) is 0 Å². The Hall–Kier alpha value is -1.51. The van der Waals surface area contributed by atoms with Crippen molar-refractivity contribution in [1.29, 1.82) is 0 Å². The summed E-state index contributed by atoms with van der Waals surface area (Å²) >= 11 is 0. The van der Waals surface area contributed by atoms with Crippen molar-refractivity contribution in [2.45, 2.75) is 12.8 Å². The highest BCUT2D eigenvalue weighted by Crippen LogP contribution is 2.29. The van der Waals surface area contributed by atoms with E-state index >= 15 is 0 Å². The van der Waals surface area contributed by atoms with Crippen LogP contribution in [0.1, 0.15) is 11.1 Å². The van der Waals surface area contributed by atoms with Crippen LogP contribution in [0.15, 0.2) is 18.2 Å². The Morgan fingerprint density at radius 2 is 2.14 bits per heavy atom. The number of esters is 1. The molecule has 0 spiro atoms. The molecular formula is C11H12O3. The van der Waals surface area contributed by atoms with E-state index < -0.39 is 0 Å². The largest absolute Gasteiger partial charge is 0.508 e. The maximum Gasteiger partial charge on any atom is 0.309 e. The van der Waals surface area contributed by atoms with Crippen LogP contribution >= 0.6 is 0 Å². The van der Waals surface area contributed by atoms with E-state index in [1.807, 2.05) is 6.07 Å². The molecule has 1 unspecified atom stereocenters. The molecule has 2 rings (SSSR count). The van der Waals surface area contributed by atoms with Gasteiger partial charge in [-0.15, -0.1) is 0 Å². The van der Waals surface area contributed by atoms with Gasteiger partial charge in [-0.25, -0.2) is 0 Å². The first-order valence-corrected chi connectivity index (χ1v) is 4.59. The third kappa shape index (κ3) is 1.45. The van der Waals surface area contributed by atoms with Gasteiger partial charge in [0.2, 0.25) is 0 Å². The smallest absolute Gasteiger partial charge is 0.309 e. The number of benzene rings is 1. The Morgan fingerprint density at radius 3 is 2.86 bits per heavy atom. The number of methoxy groups -OCH3 is 1. The van der Waals surface area contributed by atoms with Gasteiger partial charge in [0.1, 0.15) is 5.75 Å². The van der Waals surface area contributed by atoms with Crippen LogP contribution < -0.4 is 0 Å². The zero-order chi connectivity index (χ0) is 10.1. The second-order valence-corrected chi connectivity index (χ2v) is 3.58. The molecule has 74 valence electrons. The van der Waals surface area contributed by atoms with Crippen molar-refractivity contribution in [3.63, 3.8) is 0 Å². The molecule has 0 radical (unpaired) electrons. The quantitative estimate of drug-likeness (QED) is 0.682. The average Bonchev–Trinajstić information content (AvgIpc) is 2.59. The molecule has 0 aromatic heterocycles. The zero-order valence-electron chi connectivity index (χ0n) is 7.99. The Kier molecular flexibility index (Phi) is 2.15. The second kappa shape index (κ2) is 3.33. The fourth-order valence-corrected chi connectivity index (χ4v) is 1.94. The third-order valence-electron chi connectivity index (χ3n) is 2.66. The van der Waals surface area contributed by atoms with Crippen LogP contribution in [0.25, 0.3) is 0 Å². The lowest BCUT2D eigenvalue weighted by molar-refractivity contribution is -0.145. The predicted octanol–water partition coefficient (Wildman–Crippen LogP) is 1.28. The molecule has 3 nitrogen and oxygen atoms in total. The fraction of sp³-hybridized carbons (Fsp3) is 0.364. The molecular weight excluding hydrogens is 180 g/mol. The number of carbonyl (C=O) groups is 1. The Bertz CT molecular complexity index is 371. The molecule has 0 fully saturated rings. The molecule has 0 aliphatic heterocycles. The molecule has 1 aromatic carbocycles. The summed E-state index contributed by atoms with van der Waals surface area (Å²) in [5.41, 5.74) is 2.19. The monoisotopic (exact) mass is 192 g/mol. The van der Waals surface area contributed by atoms with Crippen molar-refractivity contribution in [2.75, 3.05) is 7.11 Å². The summed E-state index contributed by atoms with van der Waals surface area (Å²) in [6.45, 7) is 0. The molecule has 1 N–H and O–H groups in total. The topological polar surface area (TPSA) is 46.5 Å². The summed E-state index contributed by atoms with van der Waals surface area (Å²) in [7, 11) is 1.41. The van der Waals surface area contributed by atoms with Crippen molar-refractivity contribution < 1.29 is 14.6 Å². The summed E-state index contributed by atoms with van der Waals surface area (Å²) in [5, 5.41) is 9.26. The van der Waals surface area contributed by atoms with Gasteiger partial charge in [0, 0.05) is 0 Å². The van der Waals surface area contributed by atoms with Gasteiger partial charge < -0.3 is 9.84 Å². The Labute approximate surface area is 82.3 Å². The van der Waals surface area contributed by atoms with Crippen molar-refractivity contribution in [3.05, 3.63) is 29.3 Å². The molecule has 0 saturated carbocycles. The first kappa shape index (κ1) is 9.06. The van der Waals surface area contributed by atoms with E-state index in [0.717, 1.165) is 17.5 Å². The number of hydrogen-bond acceptors (Lipinski definition) is 3. The van der Waals surface area contributed by atoms with Gasteiger partial charge in [0.25, 0.3) is 0 Å². The van der Waals surface area contributed by atoms with E-state index in [4.69, 9.17) is 4.74 Å².